The molecule has 192 valence electrons. The van der Waals surface area contributed by atoms with Gasteiger partial charge in [-0.3, -0.25) is 4.79 Å². The van der Waals surface area contributed by atoms with Crippen molar-refractivity contribution in [3.63, 3.8) is 0 Å². The first-order valence-electron chi connectivity index (χ1n) is 12.0. The fraction of sp³-hybridized carbons (Fsp3) is 0.138. The number of hydrogen-bond donors (Lipinski definition) is 3. The van der Waals surface area contributed by atoms with Crippen LogP contribution in [0.2, 0.25) is 0 Å². The van der Waals surface area contributed by atoms with Crippen molar-refractivity contribution in [3.8, 4) is 22.4 Å². The van der Waals surface area contributed by atoms with E-state index in [0.29, 0.717) is 36.4 Å². The van der Waals surface area contributed by atoms with Crippen molar-refractivity contribution in [3.05, 3.63) is 113 Å². The van der Waals surface area contributed by atoms with Crippen LogP contribution in [0.15, 0.2) is 96.1 Å². The predicted molar refractivity (Wildman–Crippen MR) is 143 cm³/mol. The molecule has 6 nitrogen and oxygen atoms in total. The van der Waals surface area contributed by atoms with Gasteiger partial charge >= 0.3 is 6.18 Å². The Morgan fingerprint density at radius 3 is 2.37 bits per heavy atom. The van der Waals surface area contributed by atoms with E-state index in [1.54, 1.807) is 12.3 Å². The first-order valence-corrected chi connectivity index (χ1v) is 12.0. The Hall–Kier alpha value is -4.50. The zero-order chi connectivity index (χ0) is 26.5. The Balaban J connectivity index is 1.25. The molecule has 3 aromatic heterocycles. The summed E-state index contributed by atoms with van der Waals surface area (Å²) in [5.74, 6) is 0.392. The molecule has 0 saturated heterocycles. The second-order valence-electron chi connectivity index (χ2n) is 8.72. The van der Waals surface area contributed by atoms with Crippen molar-refractivity contribution in [1.82, 2.24) is 20.3 Å². The van der Waals surface area contributed by atoms with Crippen molar-refractivity contribution in [2.24, 2.45) is 0 Å². The van der Waals surface area contributed by atoms with Crippen LogP contribution < -0.4 is 16.2 Å². The average Bonchev–Trinajstić information content (AvgIpc) is 2.93. The van der Waals surface area contributed by atoms with E-state index < -0.39 is 11.7 Å². The summed E-state index contributed by atoms with van der Waals surface area (Å²) in [6, 6.07) is 23.9. The van der Waals surface area contributed by atoms with E-state index in [4.69, 9.17) is 4.98 Å². The van der Waals surface area contributed by atoms with Gasteiger partial charge in [-0.25, -0.2) is 9.97 Å². The number of aromatic amines is 1. The maximum Gasteiger partial charge on any atom is 0.417 e. The lowest BCUT2D eigenvalue weighted by atomic mass is 9.97. The lowest BCUT2D eigenvalue weighted by Crippen LogP contribution is -2.22. The monoisotopic (exact) mass is 515 g/mol. The molecule has 0 aliphatic rings. The Morgan fingerprint density at radius 1 is 0.868 bits per heavy atom. The van der Waals surface area contributed by atoms with Crippen LogP contribution in [0.4, 0.5) is 19.0 Å². The highest BCUT2D eigenvalue weighted by Crippen LogP contribution is 2.33. The lowest BCUT2D eigenvalue weighted by Gasteiger charge is -2.12. The number of fused-ring (bicyclic) bond motifs is 1. The molecule has 0 aliphatic carbocycles. The predicted octanol–water partition coefficient (Wildman–Crippen LogP) is 5.87. The lowest BCUT2D eigenvalue weighted by molar-refractivity contribution is -0.137. The number of anilines is 1. The van der Waals surface area contributed by atoms with Gasteiger partial charge in [-0.2, -0.15) is 13.2 Å². The van der Waals surface area contributed by atoms with Crippen molar-refractivity contribution >= 4 is 16.7 Å². The van der Waals surface area contributed by atoms with E-state index in [1.165, 1.54) is 6.07 Å². The zero-order valence-electron chi connectivity index (χ0n) is 20.2. The van der Waals surface area contributed by atoms with Gasteiger partial charge in [0.25, 0.3) is 5.56 Å². The molecule has 0 atom stereocenters. The largest absolute Gasteiger partial charge is 0.417 e. The number of nitrogens with one attached hydrogen (secondary N) is 3. The molecular weight excluding hydrogens is 491 g/mol. The summed E-state index contributed by atoms with van der Waals surface area (Å²) in [6.45, 7) is 1.73. The van der Waals surface area contributed by atoms with Gasteiger partial charge in [0.1, 0.15) is 5.82 Å². The number of hydrogen-bond acceptors (Lipinski definition) is 5. The summed E-state index contributed by atoms with van der Waals surface area (Å²) < 4.78 is 37.9. The van der Waals surface area contributed by atoms with E-state index in [9.17, 15) is 18.0 Å². The molecule has 9 heteroatoms. The van der Waals surface area contributed by atoms with Gasteiger partial charge in [0.15, 0.2) is 0 Å². The first kappa shape index (κ1) is 25.2. The summed E-state index contributed by atoms with van der Waals surface area (Å²) in [5, 5.41) is 6.86. The van der Waals surface area contributed by atoms with E-state index in [1.807, 2.05) is 60.7 Å². The molecule has 0 unspecified atom stereocenters. The van der Waals surface area contributed by atoms with Crippen LogP contribution in [-0.4, -0.2) is 28.0 Å². The van der Waals surface area contributed by atoms with Crippen LogP contribution in [0.25, 0.3) is 33.3 Å². The third kappa shape index (κ3) is 5.73. The SMILES string of the molecule is O=c1[nH]ccc2nc(-c3ccc(CNCCNc4ccc(C(F)(F)F)cn4)cc3)c(-c3ccccc3)cc12. The Bertz CT molecular complexity index is 1580. The summed E-state index contributed by atoms with van der Waals surface area (Å²) in [7, 11) is 0. The highest BCUT2D eigenvalue weighted by Gasteiger charge is 2.30. The van der Waals surface area contributed by atoms with E-state index in [0.717, 1.165) is 40.2 Å². The van der Waals surface area contributed by atoms with Crippen LogP contribution >= 0.6 is 0 Å². The minimum Gasteiger partial charge on any atom is -0.369 e. The number of aromatic nitrogens is 3. The molecule has 0 spiro atoms. The number of nitrogens with zero attached hydrogens (tertiary/aromatic N) is 2. The smallest absolute Gasteiger partial charge is 0.369 e. The number of rotatable bonds is 8. The Morgan fingerprint density at radius 2 is 1.66 bits per heavy atom. The molecule has 0 aliphatic heterocycles. The normalized spacial score (nSPS) is 11.6. The van der Waals surface area contributed by atoms with Crippen molar-refractivity contribution < 1.29 is 13.2 Å². The van der Waals surface area contributed by atoms with Gasteiger partial charge in [0.2, 0.25) is 0 Å². The fourth-order valence-electron chi connectivity index (χ4n) is 4.13. The summed E-state index contributed by atoms with van der Waals surface area (Å²) in [4.78, 5) is 23.7. The molecule has 2 aromatic carbocycles. The third-order valence-electron chi connectivity index (χ3n) is 6.09. The average molecular weight is 516 g/mol. The Kier molecular flexibility index (Phi) is 7.19. The molecule has 3 heterocycles. The van der Waals surface area contributed by atoms with Crippen molar-refractivity contribution in [2.75, 3.05) is 18.4 Å². The first-order chi connectivity index (χ1) is 18.4. The number of halogens is 3. The fourth-order valence-corrected chi connectivity index (χ4v) is 4.13. The van der Waals surface area contributed by atoms with Gasteiger partial charge in [-0.05, 0) is 35.4 Å². The molecule has 38 heavy (non-hydrogen) atoms. The van der Waals surface area contributed by atoms with Crippen molar-refractivity contribution in [1.29, 1.82) is 0 Å². The molecule has 0 radical (unpaired) electrons. The molecule has 5 rings (SSSR count). The highest BCUT2D eigenvalue weighted by atomic mass is 19.4. The zero-order valence-corrected chi connectivity index (χ0v) is 20.2. The Labute approximate surface area is 216 Å². The summed E-state index contributed by atoms with van der Waals surface area (Å²) in [6.07, 6.45) is -1.97. The maximum atomic E-state index is 12.6. The molecule has 5 aromatic rings. The number of H-pyrrole nitrogens is 1. The quantitative estimate of drug-likeness (QED) is 0.225. The van der Waals surface area contributed by atoms with Crippen LogP contribution in [0.5, 0.6) is 0 Å². The number of pyridine rings is 3. The van der Waals surface area contributed by atoms with Gasteiger partial charge in [0.05, 0.1) is 22.2 Å². The minimum absolute atomic E-state index is 0.177. The highest BCUT2D eigenvalue weighted by molar-refractivity contribution is 5.91. The van der Waals surface area contributed by atoms with Crippen LogP contribution in [0.1, 0.15) is 11.1 Å². The molecule has 0 amide bonds. The van der Waals surface area contributed by atoms with Crippen LogP contribution in [0.3, 0.4) is 0 Å². The second-order valence-corrected chi connectivity index (χ2v) is 8.72. The number of alkyl halides is 3. The van der Waals surface area contributed by atoms with Gasteiger partial charge in [-0.15, -0.1) is 0 Å². The topological polar surface area (TPSA) is 82.7 Å². The van der Waals surface area contributed by atoms with Crippen molar-refractivity contribution in [2.45, 2.75) is 12.7 Å². The minimum atomic E-state index is -4.39. The van der Waals surface area contributed by atoms with Crippen LogP contribution in [0, 0.1) is 0 Å². The van der Waals surface area contributed by atoms with Gasteiger partial charge in [-0.1, -0.05) is 54.6 Å². The molecule has 3 N–H and O–H groups in total. The number of benzene rings is 2. The van der Waals surface area contributed by atoms with Gasteiger partial charge in [0, 0.05) is 43.2 Å². The summed E-state index contributed by atoms with van der Waals surface area (Å²) in [5.41, 5.74) is 4.33. The maximum absolute atomic E-state index is 12.6. The summed E-state index contributed by atoms with van der Waals surface area (Å²) >= 11 is 0. The van der Waals surface area contributed by atoms with E-state index in [-0.39, 0.29) is 5.56 Å². The molecular formula is C29H24F3N5O. The van der Waals surface area contributed by atoms with Gasteiger partial charge < -0.3 is 15.6 Å². The third-order valence-corrected chi connectivity index (χ3v) is 6.09. The second kappa shape index (κ2) is 10.9. The molecule has 0 fully saturated rings. The standard InChI is InChI=1S/C29H24F3N5O/c30-29(31,32)22-10-11-26(36-18-22)34-15-14-33-17-19-6-8-21(9-7-19)27-23(20-4-2-1-3-5-20)16-24-25(37-27)12-13-35-28(24)38/h1-13,16,18,33H,14-15,17H2,(H,34,36)(H,35,38). The van der Waals surface area contributed by atoms with Crippen LogP contribution in [-0.2, 0) is 12.7 Å². The molecule has 0 bridgehead atoms. The van der Waals surface area contributed by atoms with E-state index >= 15 is 0 Å². The van der Waals surface area contributed by atoms with E-state index in [2.05, 4.69) is 20.6 Å². The molecule has 0 saturated carbocycles.